The molecule has 20 heavy (non-hydrogen) atoms. The number of hydrogen-bond donors (Lipinski definition) is 1. The molecule has 7 heteroatoms. The van der Waals surface area contributed by atoms with Gasteiger partial charge in [0.05, 0.1) is 7.11 Å². The first-order chi connectivity index (χ1) is 9.60. The molecule has 0 aliphatic rings. The standard InChI is InChI=1S/C13H15F2N3O2/c1-18-7-6-11(17-18)16-8-9-4-3-5-10(19-2)12(9)20-13(14)15/h3-7,13H,8H2,1-2H3,(H,16,17). The Balaban J connectivity index is 2.17. The Labute approximate surface area is 115 Å². The summed E-state index contributed by atoms with van der Waals surface area (Å²) in [5.41, 5.74) is 0.565. The predicted octanol–water partition coefficient (Wildman–Crippen LogP) is 2.64. The summed E-state index contributed by atoms with van der Waals surface area (Å²) in [4.78, 5) is 0. The van der Waals surface area contributed by atoms with Gasteiger partial charge in [0.1, 0.15) is 5.82 Å². The number of aromatic nitrogens is 2. The van der Waals surface area contributed by atoms with Gasteiger partial charge in [0.2, 0.25) is 0 Å². The van der Waals surface area contributed by atoms with Gasteiger partial charge >= 0.3 is 6.61 Å². The molecule has 0 fully saturated rings. The number of anilines is 1. The minimum absolute atomic E-state index is 0.0356. The average Bonchev–Trinajstić information content (AvgIpc) is 2.82. The first-order valence-electron chi connectivity index (χ1n) is 5.94. The number of hydrogen-bond acceptors (Lipinski definition) is 4. The van der Waals surface area contributed by atoms with Crippen LogP contribution in [-0.4, -0.2) is 23.5 Å². The third-order valence-electron chi connectivity index (χ3n) is 2.66. The van der Waals surface area contributed by atoms with Crippen LogP contribution in [0.5, 0.6) is 11.5 Å². The van der Waals surface area contributed by atoms with Gasteiger partial charge < -0.3 is 14.8 Å². The number of rotatable bonds is 6. The predicted molar refractivity (Wildman–Crippen MR) is 70.2 cm³/mol. The van der Waals surface area contributed by atoms with Crippen LogP contribution in [0.25, 0.3) is 0 Å². The van der Waals surface area contributed by atoms with E-state index < -0.39 is 6.61 Å². The molecule has 0 unspecified atom stereocenters. The molecule has 0 saturated heterocycles. The number of benzene rings is 1. The van der Waals surface area contributed by atoms with Gasteiger partial charge in [0.15, 0.2) is 11.5 Å². The molecule has 5 nitrogen and oxygen atoms in total. The highest BCUT2D eigenvalue weighted by molar-refractivity contribution is 5.48. The van der Waals surface area contributed by atoms with E-state index in [0.717, 1.165) is 0 Å². The second-order valence-corrected chi connectivity index (χ2v) is 4.06. The molecule has 0 amide bonds. The highest BCUT2D eigenvalue weighted by atomic mass is 19.3. The third kappa shape index (κ3) is 3.37. The molecule has 2 rings (SSSR count). The quantitative estimate of drug-likeness (QED) is 0.885. The third-order valence-corrected chi connectivity index (χ3v) is 2.66. The number of ether oxygens (including phenoxy) is 2. The second kappa shape index (κ2) is 6.23. The highest BCUT2D eigenvalue weighted by Gasteiger charge is 2.15. The zero-order chi connectivity index (χ0) is 14.5. The largest absolute Gasteiger partial charge is 0.493 e. The van der Waals surface area contributed by atoms with Crippen LogP contribution in [-0.2, 0) is 13.6 Å². The van der Waals surface area contributed by atoms with Crippen molar-refractivity contribution in [1.29, 1.82) is 0 Å². The molecule has 108 valence electrons. The molecule has 0 aliphatic heterocycles. The monoisotopic (exact) mass is 283 g/mol. The molecular formula is C13H15F2N3O2. The molecule has 0 radical (unpaired) electrons. The van der Waals surface area contributed by atoms with E-state index in [1.807, 2.05) is 0 Å². The van der Waals surface area contributed by atoms with Crippen molar-refractivity contribution in [2.75, 3.05) is 12.4 Å². The van der Waals surface area contributed by atoms with Crippen LogP contribution >= 0.6 is 0 Å². The summed E-state index contributed by atoms with van der Waals surface area (Å²) in [6, 6.07) is 6.76. The fourth-order valence-electron chi connectivity index (χ4n) is 1.78. The van der Waals surface area contributed by atoms with E-state index in [-0.39, 0.29) is 11.5 Å². The van der Waals surface area contributed by atoms with Gasteiger partial charge in [-0.05, 0) is 6.07 Å². The Kier molecular flexibility index (Phi) is 4.39. The molecule has 1 aromatic carbocycles. The Morgan fingerprint density at radius 1 is 1.35 bits per heavy atom. The number of nitrogens with zero attached hydrogens (tertiary/aromatic N) is 2. The summed E-state index contributed by atoms with van der Waals surface area (Å²) in [7, 11) is 3.20. The van der Waals surface area contributed by atoms with Gasteiger partial charge in [-0.3, -0.25) is 4.68 Å². The molecule has 1 N–H and O–H groups in total. The minimum atomic E-state index is -2.90. The van der Waals surface area contributed by atoms with Crippen molar-refractivity contribution in [1.82, 2.24) is 9.78 Å². The fourth-order valence-corrected chi connectivity index (χ4v) is 1.78. The number of aryl methyl sites for hydroxylation is 1. The fraction of sp³-hybridized carbons (Fsp3) is 0.308. The van der Waals surface area contributed by atoms with Crippen LogP contribution in [0.15, 0.2) is 30.5 Å². The SMILES string of the molecule is COc1cccc(CNc2ccn(C)n2)c1OC(F)F. The van der Waals surface area contributed by atoms with E-state index in [2.05, 4.69) is 15.2 Å². The Hall–Kier alpha value is -2.31. The van der Waals surface area contributed by atoms with Gasteiger partial charge in [-0.25, -0.2) is 0 Å². The van der Waals surface area contributed by atoms with Crippen LogP contribution in [0.3, 0.4) is 0 Å². The maximum atomic E-state index is 12.5. The topological polar surface area (TPSA) is 48.3 Å². The molecular weight excluding hydrogens is 268 g/mol. The summed E-state index contributed by atoms with van der Waals surface area (Å²) >= 11 is 0. The average molecular weight is 283 g/mol. The van der Waals surface area contributed by atoms with Crippen molar-refractivity contribution < 1.29 is 18.3 Å². The van der Waals surface area contributed by atoms with Gasteiger partial charge in [-0.2, -0.15) is 13.9 Å². The maximum absolute atomic E-state index is 12.5. The molecule has 2 aromatic rings. The summed E-state index contributed by atoms with van der Waals surface area (Å²) < 4.78 is 36.2. The normalized spacial score (nSPS) is 10.7. The number of nitrogens with one attached hydrogen (secondary N) is 1. The van der Waals surface area contributed by atoms with Crippen LogP contribution in [0.4, 0.5) is 14.6 Å². The van der Waals surface area contributed by atoms with Crippen molar-refractivity contribution in [2.24, 2.45) is 7.05 Å². The van der Waals surface area contributed by atoms with E-state index in [9.17, 15) is 8.78 Å². The van der Waals surface area contributed by atoms with Gasteiger partial charge in [0.25, 0.3) is 0 Å². The van der Waals surface area contributed by atoms with Crippen molar-refractivity contribution in [2.45, 2.75) is 13.2 Å². The number of para-hydroxylation sites is 1. The van der Waals surface area contributed by atoms with Crippen LogP contribution in [0.2, 0.25) is 0 Å². The lowest BCUT2D eigenvalue weighted by molar-refractivity contribution is -0.0517. The Bertz CT molecular complexity index is 572. The zero-order valence-electron chi connectivity index (χ0n) is 11.1. The summed E-state index contributed by atoms with van der Waals surface area (Å²) in [5, 5.41) is 7.18. The van der Waals surface area contributed by atoms with E-state index in [1.54, 1.807) is 42.2 Å². The molecule has 0 atom stereocenters. The highest BCUT2D eigenvalue weighted by Crippen LogP contribution is 2.32. The Morgan fingerprint density at radius 3 is 2.75 bits per heavy atom. The number of halogens is 2. The second-order valence-electron chi connectivity index (χ2n) is 4.06. The lowest BCUT2D eigenvalue weighted by atomic mass is 10.2. The molecule has 1 aromatic heterocycles. The van der Waals surface area contributed by atoms with Gasteiger partial charge in [-0.15, -0.1) is 0 Å². The molecule has 1 heterocycles. The maximum Gasteiger partial charge on any atom is 0.387 e. The molecule has 0 saturated carbocycles. The van der Waals surface area contributed by atoms with Crippen LogP contribution in [0.1, 0.15) is 5.56 Å². The zero-order valence-corrected chi connectivity index (χ0v) is 11.1. The lowest BCUT2D eigenvalue weighted by Crippen LogP contribution is -2.09. The summed E-state index contributed by atoms with van der Waals surface area (Å²) in [5.74, 6) is 0.956. The number of methoxy groups -OCH3 is 1. The number of alkyl halides is 2. The summed E-state index contributed by atoms with van der Waals surface area (Å²) in [6.07, 6.45) is 1.78. The summed E-state index contributed by atoms with van der Waals surface area (Å²) in [6.45, 7) is -2.60. The molecule has 0 bridgehead atoms. The van der Waals surface area contributed by atoms with Crippen molar-refractivity contribution in [3.05, 3.63) is 36.0 Å². The van der Waals surface area contributed by atoms with E-state index >= 15 is 0 Å². The minimum Gasteiger partial charge on any atom is -0.493 e. The van der Waals surface area contributed by atoms with E-state index in [1.165, 1.54) is 7.11 Å². The van der Waals surface area contributed by atoms with E-state index in [0.29, 0.717) is 17.9 Å². The van der Waals surface area contributed by atoms with Crippen LogP contribution in [0, 0.1) is 0 Å². The smallest absolute Gasteiger partial charge is 0.387 e. The van der Waals surface area contributed by atoms with Crippen molar-refractivity contribution in [3.63, 3.8) is 0 Å². The van der Waals surface area contributed by atoms with Crippen LogP contribution < -0.4 is 14.8 Å². The van der Waals surface area contributed by atoms with Crippen molar-refractivity contribution >= 4 is 5.82 Å². The first kappa shape index (κ1) is 14.1. The molecule has 0 spiro atoms. The van der Waals surface area contributed by atoms with Gasteiger partial charge in [0, 0.05) is 31.4 Å². The lowest BCUT2D eigenvalue weighted by Gasteiger charge is -2.14. The molecule has 0 aliphatic carbocycles. The van der Waals surface area contributed by atoms with E-state index in [4.69, 9.17) is 4.74 Å². The van der Waals surface area contributed by atoms with Crippen molar-refractivity contribution in [3.8, 4) is 11.5 Å². The van der Waals surface area contributed by atoms with Gasteiger partial charge in [-0.1, -0.05) is 12.1 Å². The first-order valence-corrected chi connectivity index (χ1v) is 5.94. The Morgan fingerprint density at radius 2 is 2.15 bits per heavy atom.